The third-order valence-corrected chi connectivity index (χ3v) is 12.7. The van der Waals surface area contributed by atoms with Crippen molar-refractivity contribution < 1.29 is 0 Å². The van der Waals surface area contributed by atoms with Crippen molar-refractivity contribution in [1.82, 2.24) is 0 Å². The molecule has 240 valence electrons. The summed E-state index contributed by atoms with van der Waals surface area (Å²) >= 11 is 4.01. The fourth-order valence-electron chi connectivity index (χ4n) is 7.84. The molecule has 1 aliphatic carbocycles. The number of thiophene rings is 2. The molecular weight excluding hydrogens is 595 g/mol. The first-order chi connectivity index (χ1) is 22.6. The Balaban J connectivity index is 1.39. The number of hydrogen-bond donors (Lipinski definition) is 0. The summed E-state index contributed by atoms with van der Waals surface area (Å²) in [6.07, 6.45) is 13.1. The first kappa shape index (κ1) is 32.8. The maximum absolute atomic E-state index is 2.62. The van der Waals surface area contributed by atoms with Gasteiger partial charge in [-0.25, -0.2) is 0 Å². The Morgan fingerprint density at radius 3 is 1.67 bits per heavy atom. The minimum atomic E-state index is 0.139. The highest BCUT2D eigenvalue weighted by Crippen LogP contribution is 2.61. The number of para-hydroxylation sites is 2. The molecule has 0 bridgehead atoms. The van der Waals surface area contributed by atoms with Gasteiger partial charge in [-0.15, -0.1) is 22.7 Å². The largest absolute Gasteiger partial charge is 0.311 e. The van der Waals surface area contributed by atoms with Crippen LogP contribution in [0.15, 0.2) is 102 Å². The van der Waals surface area contributed by atoms with Gasteiger partial charge in [-0.3, -0.25) is 0 Å². The highest BCUT2D eigenvalue weighted by molar-refractivity contribution is 7.23. The van der Waals surface area contributed by atoms with Gasteiger partial charge in [-0.1, -0.05) is 128 Å². The van der Waals surface area contributed by atoms with Crippen LogP contribution in [0.4, 0.5) is 17.1 Å². The second-order valence-corrected chi connectivity index (χ2v) is 15.4. The van der Waals surface area contributed by atoms with E-state index in [1.165, 1.54) is 91.7 Å². The molecule has 3 aromatic carbocycles. The molecule has 2 unspecified atom stereocenters. The highest BCUT2D eigenvalue weighted by Gasteiger charge is 2.47. The smallest absolute Gasteiger partial charge is 0.0493 e. The Labute approximate surface area is 286 Å². The van der Waals surface area contributed by atoms with Crippen LogP contribution in [0.2, 0.25) is 0 Å². The summed E-state index contributed by atoms with van der Waals surface area (Å²) in [5.74, 6) is 1.54. The highest BCUT2D eigenvalue weighted by atomic mass is 32.1. The number of benzene rings is 3. The molecular formula is C43H51NS2. The van der Waals surface area contributed by atoms with Gasteiger partial charge in [0.05, 0.1) is 0 Å². The molecule has 0 spiro atoms. The molecule has 1 nitrogen and oxygen atoms in total. The Kier molecular flexibility index (Phi) is 10.8. The third kappa shape index (κ3) is 6.64. The van der Waals surface area contributed by atoms with Gasteiger partial charge >= 0.3 is 0 Å². The minimum Gasteiger partial charge on any atom is -0.311 e. The monoisotopic (exact) mass is 645 g/mol. The number of unbranched alkanes of at least 4 members (excludes halogenated alkanes) is 2. The fourth-order valence-corrected chi connectivity index (χ4v) is 10.3. The normalized spacial score (nSPS) is 16.6. The van der Waals surface area contributed by atoms with Crippen LogP contribution in [0, 0.1) is 11.8 Å². The van der Waals surface area contributed by atoms with Crippen molar-refractivity contribution >= 4 is 39.7 Å². The van der Waals surface area contributed by atoms with Crippen LogP contribution in [-0.2, 0) is 5.41 Å². The molecule has 0 saturated carbocycles. The molecule has 0 amide bonds. The van der Waals surface area contributed by atoms with Gasteiger partial charge in [0.2, 0.25) is 0 Å². The molecule has 0 fully saturated rings. The van der Waals surface area contributed by atoms with Crippen LogP contribution in [0.3, 0.4) is 0 Å². The summed E-state index contributed by atoms with van der Waals surface area (Å²) in [7, 11) is 0. The molecule has 0 N–H and O–H groups in total. The summed E-state index contributed by atoms with van der Waals surface area (Å²) < 4.78 is 0. The van der Waals surface area contributed by atoms with Crippen LogP contribution in [0.1, 0.15) is 103 Å². The van der Waals surface area contributed by atoms with Gasteiger partial charge in [0.15, 0.2) is 0 Å². The second-order valence-electron chi connectivity index (χ2n) is 13.4. The number of anilines is 3. The minimum absolute atomic E-state index is 0.139. The molecule has 5 aromatic rings. The van der Waals surface area contributed by atoms with Crippen LogP contribution >= 0.6 is 22.7 Å². The second kappa shape index (κ2) is 15.2. The Hall–Kier alpha value is -3.14. The van der Waals surface area contributed by atoms with Crippen molar-refractivity contribution in [3.8, 4) is 20.2 Å². The lowest BCUT2D eigenvalue weighted by Gasteiger charge is -2.37. The summed E-state index contributed by atoms with van der Waals surface area (Å²) in [5, 5.41) is 2.37. The summed E-state index contributed by atoms with van der Waals surface area (Å²) in [4.78, 5) is 6.87. The number of nitrogens with zero attached hydrogens (tertiary/aromatic N) is 1. The molecule has 0 saturated heterocycles. The zero-order valence-corrected chi connectivity index (χ0v) is 29.9. The van der Waals surface area contributed by atoms with Gasteiger partial charge in [0, 0.05) is 37.1 Å². The standard InChI is InChI=1S/C43H51NS2/c1-5-9-17-32(7-3)30-43(31-33(8-4)18-10-6-2)38-27-28-45-41(38)42-39(43)29-40(46-42)34-23-25-37(26-24-34)44(35-19-13-11-14-20-35)36-21-15-12-16-22-36/h11-16,19-29,32-33H,5-10,17-18,30-31H2,1-4H3. The number of hydrogen-bond acceptors (Lipinski definition) is 3. The van der Waals surface area contributed by atoms with E-state index in [0.29, 0.717) is 0 Å². The summed E-state index contributed by atoms with van der Waals surface area (Å²) in [6.45, 7) is 9.56. The van der Waals surface area contributed by atoms with E-state index in [2.05, 4.69) is 135 Å². The van der Waals surface area contributed by atoms with Gasteiger partial charge in [0.25, 0.3) is 0 Å². The van der Waals surface area contributed by atoms with Crippen molar-refractivity contribution in [3.05, 3.63) is 114 Å². The van der Waals surface area contributed by atoms with Gasteiger partial charge < -0.3 is 4.90 Å². The van der Waals surface area contributed by atoms with E-state index in [-0.39, 0.29) is 5.41 Å². The van der Waals surface area contributed by atoms with Crippen LogP contribution in [0.5, 0.6) is 0 Å². The topological polar surface area (TPSA) is 3.24 Å². The van der Waals surface area contributed by atoms with Gasteiger partial charge in [-0.2, -0.15) is 0 Å². The number of rotatable bonds is 16. The molecule has 1 aliphatic rings. The van der Waals surface area contributed by atoms with Crippen LogP contribution in [-0.4, -0.2) is 0 Å². The van der Waals surface area contributed by atoms with Crippen LogP contribution in [0.25, 0.3) is 20.2 Å². The van der Waals surface area contributed by atoms with E-state index in [1.807, 2.05) is 22.7 Å². The van der Waals surface area contributed by atoms with E-state index in [0.717, 1.165) is 11.8 Å². The molecule has 2 aromatic heterocycles. The predicted octanol–water partition coefficient (Wildman–Crippen LogP) is 14.4. The van der Waals surface area contributed by atoms with Crippen molar-refractivity contribution in [2.75, 3.05) is 4.90 Å². The fraction of sp³-hybridized carbons (Fsp3) is 0.395. The molecule has 46 heavy (non-hydrogen) atoms. The van der Waals surface area contributed by atoms with E-state index in [4.69, 9.17) is 0 Å². The first-order valence-corrected chi connectivity index (χ1v) is 19.5. The first-order valence-electron chi connectivity index (χ1n) is 17.8. The lowest BCUT2D eigenvalue weighted by Crippen LogP contribution is -2.31. The Bertz CT molecular complexity index is 1590. The molecule has 2 heterocycles. The van der Waals surface area contributed by atoms with Crippen molar-refractivity contribution in [2.24, 2.45) is 11.8 Å². The maximum Gasteiger partial charge on any atom is 0.0493 e. The SMILES string of the molecule is CCCCC(CC)CC1(CC(CC)CCCC)c2ccsc2-c2sc(-c3ccc(N(c4ccccc4)c4ccccc4)cc3)cc21. The summed E-state index contributed by atoms with van der Waals surface area (Å²) in [5.41, 5.74) is 8.28. The molecule has 6 rings (SSSR count). The molecule has 2 atom stereocenters. The average molecular weight is 646 g/mol. The van der Waals surface area contributed by atoms with E-state index < -0.39 is 0 Å². The lowest BCUT2D eigenvalue weighted by molar-refractivity contribution is 0.266. The van der Waals surface area contributed by atoms with E-state index in [9.17, 15) is 0 Å². The Morgan fingerprint density at radius 1 is 0.609 bits per heavy atom. The number of fused-ring (bicyclic) bond motifs is 3. The van der Waals surface area contributed by atoms with E-state index in [1.54, 1.807) is 20.9 Å². The predicted molar refractivity (Wildman–Crippen MR) is 204 cm³/mol. The quantitative estimate of drug-likeness (QED) is 0.103. The van der Waals surface area contributed by atoms with Gasteiger partial charge in [0.1, 0.15) is 0 Å². The molecule has 0 radical (unpaired) electrons. The van der Waals surface area contributed by atoms with Crippen molar-refractivity contribution in [2.45, 2.75) is 97.3 Å². The summed E-state index contributed by atoms with van der Waals surface area (Å²) in [6, 6.07) is 35.8. The third-order valence-electron chi connectivity index (χ3n) is 10.4. The molecule has 0 aliphatic heterocycles. The maximum atomic E-state index is 2.62. The zero-order valence-electron chi connectivity index (χ0n) is 28.3. The molecule has 3 heteroatoms. The zero-order chi connectivity index (χ0) is 31.9. The van der Waals surface area contributed by atoms with E-state index >= 15 is 0 Å². The van der Waals surface area contributed by atoms with Gasteiger partial charge in [-0.05, 0) is 95.3 Å². The Morgan fingerprint density at radius 2 is 1.15 bits per heavy atom. The lowest BCUT2D eigenvalue weighted by atomic mass is 9.65. The van der Waals surface area contributed by atoms with Crippen molar-refractivity contribution in [3.63, 3.8) is 0 Å². The van der Waals surface area contributed by atoms with Crippen molar-refractivity contribution in [1.29, 1.82) is 0 Å². The van der Waals surface area contributed by atoms with Crippen LogP contribution < -0.4 is 4.90 Å². The average Bonchev–Trinajstić information content (AvgIpc) is 3.82.